The van der Waals surface area contributed by atoms with Crippen LogP contribution in [0.5, 0.6) is 0 Å². The zero-order valence-corrected chi connectivity index (χ0v) is 6.52. The fourth-order valence-electron chi connectivity index (χ4n) is 1.28. The van der Waals surface area contributed by atoms with Crippen molar-refractivity contribution in [1.29, 1.82) is 0 Å². The summed E-state index contributed by atoms with van der Waals surface area (Å²) < 4.78 is 0. The van der Waals surface area contributed by atoms with Crippen molar-refractivity contribution in [3.8, 4) is 0 Å². The maximum absolute atomic E-state index is 2.45. The van der Waals surface area contributed by atoms with Crippen LogP contribution in [0.1, 0.15) is 20.8 Å². The lowest BCUT2D eigenvalue weighted by Gasteiger charge is -2.19. The zero-order valence-electron chi connectivity index (χ0n) is 6.52. The van der Waals surface area contributed by atoms with E-state index in [1.165, 1.54) is 12.1 Å². The first-order chi connectivity index (χ1) is 4.25. The van der Waals surface area contributed by atoms with E-state index in [0.29, 0.717) is 6.04 Å². The van der Waals surface area contributed by atoms with Crippen LogP contribution in [0.25, 0.3) is 0 Å². The zero-order chi connectivity index (χ0) is 6.85. The Bertz CT molecular complexity index is 127. The van der Waals surface area contributed by atoms with Crippen molar-refractivity contribution in [2.24, 2.45) is 0 Å². The molecule has 0 aliphatic carbocycles. The van der Waals surface area contributed by atoms with E-state index in [9.17, 15) is 0 Å². The minimum Gasteiger partial charge on any atom is -0.294 e. The molecule has 1 heterocycles. The molecule has 9 heavy (non-hydrogen) atoms. The Labute approximate surface area is 57.4 Å². The van der Waals surface area contributed by atoms with Gasteiger partial charge >= 0.3 is 0 Å². The van der Waals surface area contributed by atoms with Gasteiger partial charge in [-0.1, -0.05) is 18.6 Å². The van der Waals surface area contributed by atoms with Crippen LogP contribution in [0.2, 0.25) is 0 Å². The van der Waals surface area contributed by atoms with Crippen molar-refractivity contribution in [2.75, 3.05) is 13.1 Å². The van der Waals surface area contributed by atoms with Crippen LogP contribution < -0.4 is 0 Å². The van der Waals surface area contributed by atoms with Crippen LogP contribution in [0, 0.1) is 0 Å². The molecule has 1 aliphatic heterocycles. The van der Waals surface area contributed by atoms with Crippen LogP contribution in [0.15, 0.2) is 11.6 Å². The molecule has 1 nitrogen and oxygen atoms in total. The van der Waals surface area contributed by atoms with Crippen molar-refractivity contribution >= 4 is 0 Å². The molecule has 0 saturated heterocycles. The van der Waals surface area contributed by atoms with E-state index in [0.717, 1.165) is 6.54 Å². The Hall–Kier alpha value is -0.300. The summed E-state index contributed by atoms with van der Waals surface area (Å²) in [5, 5.41) is 0. The number of nitrogens with zero attached hydrogens (tertiary/aromatic N) is 1. The molecule has 0 aromatic carbocycles. The molecule has 0 aromatic rings. The van der Waals surface area contributed by atoms with Crippen molar-refractivity contribution in [3.05, 3.63) is 11.6 Å². The van der Waals surface area contributed by atoms with Crippen molar-refractivity contribution < 1.29 is 0 Å². The molecule has 52 valence electrons. The van der Waals surface area contributed by atoms with Crippen molar-refractivity contribution in [1.82, 2.24) is 4.90 Å². The number of hydrogen-bond donors (Lipinski definition) is 0. The lowest BCUT2D eigenvalue weighted by atomic mass is 10.2. The smallest absolute Gasteiger partial charge is 0.0280 e. The van der Waals surface area contributed by atoms with E-state index in [1.54, 1.807) is 0 Å². The summed E-state index contributed by atoms with van der Waals surface area (Å²) in [6.45, 7) is 9.02. The Morgan fingerprint density at radius 1 is 1.78 bits per heavy atom. The quantitative estimate of drug-likeness (QED) is 0.482. The molecular formula is C8H15N. The molecule has 0 spiro atoms. The second-order valence-corrected chi connectivity index (χ2v) is 2.71. The van der Waals surface area contributed by atoms with Gasteiger partial charge in [-0.05, 0) is 20.4 Å². The first-order valence-corrected chi connectivity index (χ1v) is 3.66. The first-order valence-electron chi connectivity index (χ1n) is 3.66. The topological polar surface area (TPSA) is 3.24 Å². The molecule has 1 atom stereocenters. The summed E-state index contributed by atoms with van der Waals surface area (Å²) in [6.07, 6.45) is 2.31. The fraction of sp³-hybridized carbons (Fsp3) is 0.750. The molecule has 1 aliphatic rings. The van der Waals surface area contributed by atoms with Crippen LogP contribution in [-0.4, -0.2) is 24.0 Å². The van der Waals surface area contributed by atoms with E-state index in [2.05, 4.69) is 31.7 Å². The van der Waals surface area contributed by atoms with Gasteiger partial charge in [0.2, 0.25) is 0 Å². The minimum absolute atomic E-state index is 0.690. The SMILES string of the molecule is CCN1CC=C(C)[C@@H]1C. The Balaban J connectivity index is 2.51. The highest BCUT2D eigenvalue weighted by atomic mass is 15.2. The number of rotatable bonds is 1. The molecule has 0 unspecified atom stereocenters. The molecule has 0 saturated carbocycles. The maximum Gasteiger partial charge on any atom is 0.0280 e. The van der Waals surface area contributed by atoms with Crippen LogP contribution >= 0.6 is 0 Å². The second kappa shape index (κ2) is 2.53. The summed E-state index contributed by atoms with van der Waals surface area (Å²) in [5.74, 6) is 0. The maximum atomic E-state index is 2.45. The summed E-state index contributed by atoms with van der Waals surface area (Å²) in [5.41, 5.74) is 1.52. The van der Waals surface area contributed by atoms with Gasteiger partial charge in [0.25, 0.3) is 0 Å². The fourth-order valence-corrected chi connectivity index (χ4v) is 1.28. The first kappa shape index (κ1) is 6.81. The predicted octanol–water partition coefficient (Wildman–Crippen LogP) is 1.66. The van der Waals surface area contributed by atoms with Crippen LogP contribution in [0.4, 0.5) is 0 Å². The summed E-state index contributed by atoms with van der Waals surface area (Å²) in [7, 11) is 0. The molecule has 1 rings (SSSR count). The number of hydrogen-bond acceptors (Lipinski definition) is 1. The van der Waals surface area contributed by atoms with E-state index < -0.39 is 0 Å². The standard InChI is InChI=1S/C8H15N/c1-4-9-6-5-7(2)8(9)3/h5,8H,4,6H2,1-3H3/t8-/m0/s1. The van der Waals surface area contributed by atoms with Gasteiger partial charge in [-0.25, -0.2) is 0 Å². The predicted molar refractivity (Wildman–Crippen MR) is 40.5 cm³/mol. The van der Waals surface area contributed by atoms with E-state index >= 15 is 0 Å². The summed E-state index contributed by atoms with van der Waals surface area (Å²) in [4.78, 5) is 2.45. The lowest BCUT2D eigenvalue weighted by molar-refractivity contribution is 0.295. The van der Waals surface area contributed by atoms with Crippen molar-refractivity contribution in [3.63, 3.8) is 0 Å². The molecule has 0 bridgehead atoms. The Morgan fingerprint density at radius 3 is 2.67 bits per heavy atom. The van der Waals surface area contributed by atoms with Gasteiger partial charge in [0, 0.05) is 12.6 Å². The van der Waals surface area contributed by atoms with Gasteiger partial charge in [-0.2, -0.15) is 0 Å². The molecule has 0 aromatic heterocycles. The minimum atomic E-state index is 0.690. The number of likely N-dealkylation sites (N-methyl/N-ethyl adjacent to an activating group) is 1. The summed E-state index contributed by atoms with van der Waals surface area (Å²) >= 11 is 0. The van der Waals surface area contributed by atoms with Crippen molar-refractivity contribution in [2.45, 2.75) is 26.8 Å². The lowest BCUT2D eigenvalue weighted by Crippen LogP contribution is -2.28. The second-order valence-electron chi connectivity index (χ2n) is 2.71. The average molecular weight is 125 g/mol. The highest BCUT2D eigenvalue weighted by Gasteiger charge is 2.17. The molecule has 0 radical (unpaired) electrons. The van der Waals surface area contributed by atoms with E-state index in [-0.39, 0.29) is 0 Å². The molecule has 1 heteroatoms. The Morgan fingerprint density at radius 2 is 2.44 bits per heavy atom. The van der Waals surface area contributed by atoms with Gasteiger partial charge in [0.15, 0.2) is 0 Å². The third-order valence-corrected chi connectivity index (χ3v) is 2.26. The average Bonchev–Trinajstić information content (AvgIpc) is 2.15. The van der Waals surface area contributed by atoms with Gasteiger partial charge in [0.1, 0.15) is 0 Å². The Kier molecular flexibility index (Phi) is 1.91. The molecular weight excluding hydrogens is 110 g/mol. The summed E-state index contributed by atoms with van der Waals surface area (Å²) in [6, 6.07) is 0.690. The highest BCUT2D eigenvalue weighted by Crippen LogP contribution is 2.15. The van der Waals surface area contributed by atoms with Crippen LogP contribution in [0.3, 0.4) is 0 Å². The van der Waals surface area contributed by atoms with E-state index in [4.69, 9.17) is 0 Å². The van der Waals surface area contributed by atoms with E-state index in [1.807, 2.05) is 0 Å². The molecule has 0 N–H and O–H groups in total. The van der Waals surface area contributed by atoms with Crippen LogP contribution in [-0.2, 0) is 0 Å². The highest BCUT2D eigenvalue weighted by molar-refractivity contribution is 5.13. The van der Waals surface area contributed by atoms with Gasteiger partial charge < -0.3 is 0 Å². The third kappa shape index (κ3) is 1.16. The largest absolute Gasteiger partial charge is 0.294 e. The molecule has 0 amide bonds. The van der Waals surface area contributed by atoms with Gasteiger partial charge in [-0.15, -0.1) is 0 Å². The van der Waals surface area contributed by atoms with Gasteiger partial charge in [-0.3, -0.25) is 4.90 Å². The van der Waals surface area contributed by atoms with Gasteiger partial charge in [0.05, 0.1) is 0 Å². The monoisotopic (exact) mass is 125 g/mol. The normalized spacial score (nSPS) is 28.8. The molecule has 0 fully saturated rings. The third-order valence-electron chi connectivity index (χ3n) is 2.26.